The third-order valence-electron chi connectivity index (χ3n) is 2.13. The Morgan fingerprint density at radius 2 is 2.38 bits per heavy atom. The van der Waals surface area contributed by atoms with Crippen molar-refractivity contribution in [3.63, 3.8) is 0 Å². The molecule has 0 bridgehead atoms. The van der Waals surface area contributed by atoms with Gasteiger partial charge in [0.25, 0.3) is 0 Å². The number of carbonyl (C=O) groups excluding carboxylic acids is 1. The Morgan fingerprint density at radius 3 is 2.94 bits per heavy atom. The summed E-state index contributed by atoms with van der Waals surface area (Å²) >= 11 is 1.06. The third-order valence-corrected chi connectivity index (χ3v) is 2.79. The van der Waals surface area contributed by atoms with Crippen LogP contribution in [0.5, 0.6) is 5.75 Å². The molecule has 2 aromatic rings. The highest BCUT2D eigenvalue weighted by atomic mass is 32.1. The molecule has 0 amide bonds. The lowest BCUT2D eigenvalue weighted by atomic mass is 10.2. The molecule has 0 aliphatic heterocycles. The highest BCUT2D eigenvalue weighted by molar-refractivity contribution is 7.08. The lowest BCUT2D eigenvalue weighted by molar-refractivity contribution is 0.102. The Bertz CT molecular complexity index is 470. The monoisotopic (exact) mass is 238 g/mol. The fraction of sp³-hybridized carbons (Fsp3) is 0.333. The van der Waals surface area contributed by atoms with Gasteiger partial charge < -0.3 is 4.74 Å². The van der Waals surface area contributed by atoms with Crippen LogP contribution in [0.4, 0.5) is 0 Å². The Morgan fingerprint density at radius 1 is 1.56 bits per heavy atom. The van der Waals surface area contributed by atoms with Gasteiger partial charge in [-0.2, -0.15) is 5.10 Å². The quantitative estimate of drug-likeness (QED) is 0.743. The van der Waals surface area contributed by atoms with Crippen LogP contribution in [0, 0.1) is 0 Å². The van der Waals surface area contributed by atoms with Crippen LogP contribution in [0.25, 0.3) is 0 Å². The van der Waals surface area contributed by atoms with E-state index in [-0.39, 0.29) is 5.78 Å². The van der Waals surface area contributed by atoms with Gasteiger partial charge in [-0.05, 0) is 18.5 Å². The van der Waals surface area contributed by atoms with E-state index in [0.717, 1.165) is 11.5 Å². The van der Waals surface area contributed by atoms with Gasteiger partial charge in [-0.25, -0.2) is 0 Å². The van der Waals surface area contributed by atoms with E-state index in [1.54, 1.807) is 4.68 Å². The first-order valence-electron chi connectivity index (χ1n) is 4.69. The minimum atomic E-state index is -0.161. The molecular weight excluding hydrogens is 228 g/mol. The van der Waals surface area contributed by atoms with Crippen molar-refractivity contribution in [2.75, 3.05) is 7.11 Å². The zero-order chi connectivity index (χ0) is 11.5. The second kappa shape index (κ2) is 4.40. The van der Waals surface area contributed by atoms with E-state index in [1.807, 2.05) is 6.92 Å². The molecule has 0 aromatic carbocycles. The topological polar surface area (TPSA) is 69.9 Å². The van der Waals surface area contributed by atoms with E-state index in [4.69, 9.17) is 4.74 Å². The van der Waals surface area contributed by atoms with Crippen LogP contribution in [0.3, 0.4) is 0 Å². The van der Waals surface area contributed by atoms with E-state index in [0.29, 0.717) is 22.9 Å². The number of hydrogen-bond acceptors (Lipinski definition) is 6. The van der Waals surface area contributed by atoms with Crippen molar-refractivity contribution in [1.82, 2.24) is 19.4 Å². The summed E-state index contributed by atoms with van der Waals surface area (Å²) in [4.78, 5) is 12.6. The van der Waals surface area contributed by atoms with E-state index in [2.05, 4.69) is 14.7 Å². The molecule has 0 unspecified atom stereocenters. The Hall–Kier alpha value is -1.76. The van der Waals surface area contributed by atoms with Crippen LogP contribution in [-0.4, -0.2) is 32.3 Å². The van der Waals surface area contributed by atoms with Crippen molar-refractivity contribution in [2.24, 2.45) is 0 Å². The van der Waals surface area contributed by atoms with Crippen molar-refractivity contribution >= 4 is 17.3 Å². The number of aryl methyl sites for hydroxylation is 1. The first-order chi connectivity index (χ1) is 7.77. The molecule has 16 heavy (non-hydrogen) atoms. The average molecular weight is 238 g/mol. The number of ketones is 1. The summed E-state index contributed by atoms with van der Waals surface area (Å²) in [6.07, 6.45) is 2.98. The summed E-state index contributed by atoms with van der Waals surface area (Å²) in [5.41, 5.74) is 0.441. The highest BCUT2D eigenvalue weighted by Crippen LogP contribution is 2.21. The minimum Gasteiger partial charge on any atom is -0.493 e. The number of hydrogen-bond donors (Lipinski definition) is 0. The number of aromatic nitrogens is 4. The molecule has 0 spiro atoms. The molecule has 2 aromatic heterocycles. The van der Waals surface area contributed by atoms with E-state index < -0.39 is 0 Å². The smallest absolute Gasteiger partial charge is 0.228 e. The Kier molecular flexibility index (Phi) is 2.95. The molecule has 6 nitrogen and oxygen atoms in total. The van der Waals surface area contributed by atoms with E-state index in [9.17, 15) is 4.79 Å². The number of rotatable bonds is 4. The standard InChI is InChI=1S/C9H10N4O2S/c1-3-13-8(6(15-2)4-11-13)9(14)7-5-10-12-16-7/h4-5H,3H2,1-2H3. The molecule has 0 aliphatic rings. The molecule has 0 saturated carbocycles. The van der Waals surface area contributed by atoms with Crippen LogP contribution < -0.4 is 4.74 Å². The molecule has 0 radical (unpaired) electrons. The first-order valence-corrected chi connectivity index (χ1v) is 5.47. The molecule has 0 saturated heterocycles. The van der Waals surface area contributed by atoms with Crippen LogP contribution >= 0.6 is 11.5 Å². The van der Waals surface area contributed by atoms with Gasteiger partial charge >= 0.3 is 0 Å². The summed E-state index contributed by atoms with van der Waals surface area (Å²) in [6.45, 7) is 2.52. The molecule has 0 N–H and O–H groups in total. The second-order valence-corrected chi connectivity index (χ2v) is 3.77. The van der Waals surface area contributed by atoms with Gasteiger partial charge in [0.05, 0.1) is 19.5 Å². The van der Waals surface area contributed by atoms with Gasteiger partial charge in [0.1, 0.15) is 4.88 Å². The second-order valence-electron chi connectivity index (χ2n) is 2.99. The van der Waals surface area contributed by atoms with Crippen LogP contribution in [-0.2, 0) is 6.54 Å². The molecule has 0 atom stereocenters. The minimum absolute atomic E-state index is 0.161. The van der Waals surface area contributed by atoms with Gasteiger partial charge in [-0.3, -0.25) is 9.48 Å². The normalized spacial score (nSPS) is 10.4. The summed E-state index contributed by atoms with van der Waals surface area (Å²) in [6, 6.07) is 0. The zero-order valence-corrected chi connectivity index (χ0v) is 9.69. The molecule has 2 heterocycles. The number of methoxy groups -OCH3 is 1. The van der Waals surface area contributed by atoms with Crippen LogP contribution in [0.15, 0.2) is 12.4 Å². The maximum absolute atomic E-state index is 12.1. The van der Waals surface area contributed by atoms with Gasteiger partial charge in [0.2, 0.25) is 5.78 Å². The maximum Gasteiger partial charge on any atom is 0.228 e. The lowest BCUT2D eigenvalue weighted by Crippen LogP contribution is -2.10. The van der Waals surface area contributed by atoms with Crippen LogP contribution in [0.2, 0.25) is 0 Å². The first kappa shape index (κ1) is 10.7. The van der Waals surface area contributed by atoms with E-state index in [1.165, 1.54) is 19.5 Å². The largest absolute Gasteiger partial charge is 0.493 e. The summed E-state index contributed by atoms with van der Waals surface area (Å²) in [5, 5.41) is 7.71. The SMILES string of the molecule is CCn1ncc(OC)c1C(=O)c1cnns1. The van der Waals surface area contributed by atoms with Crippen molar-refractivity contribution in [3.8, 4) is 5.75 Å². The molecule has 7 heteroatoms. The van der Waals surface area contributed by atoms with Gasteiger partial charge in [-0.15, -0.1) is 5.10 Å². The number of carbonyl (C=O) groups is 1. The van der Waals surface area contributed by atoms with Crippen molar-refractivity contribution in [2.45, 2.75) is 13.5 Å². The van der Waals surface area contributed by atoms with Gasteiger partial charge in [-0.1, -0.05) is 4.49 Å². The van der Waals surface area contributed by atoms with Crippen molar-refractivity contribution in [1.29, 1.82) is 0 Å². The Labute approximate surface area is 96.0 Å². The molecule has 2 rings (SSSR count). The van der Waals surface area contributed by atoms with Gasteiger partial charge in [0.15, 0.2) is 11.4 Å². The molecule has 0 aliphatic carbocycles. The fourth-order valence-electron chi connectivity index (χ4n) is 1.37. The molecular formula is C9H10N4O2S. The maximum atomic E-state index is 12.1. The predicted octanol–water partition coefficient (Wildman–Crippen LogP) is 0.994. The van der Waals surface area contributed by atoms with Crippen molar-refractivity contribution < 1.29 is 9.53 Å². The summed E-state index contributed by atoms with van der Waals surface area (Å²) < 4.78 is 10.4. The third kappa shape index (κ3) is 1.69. The number of ether oxygens (including phenoxy) is 1. The predicted molar refractivity (Wildman–Crippen MR) is 57.8 cm³/mol. The number of nitrogens with zero attached hydrogens (tertiary/aromatic N) is 4. The zero-order valence-electron chi connectivity index (χ0n) is 8.88. The van der Waals surface area contributed by atoms with Gasteiger partial charge in [0, 0.05) is 6.54 Å². The molecule has 0 fully saturated rings. The molecule has 84 valence electrons. The van der Waals surface area contributed by atoms with Crippen LogP contribution in [0.1, 0.15) is 22.3 Å². The average Bonchev–Trinajstić information content (AvgIpc) is 2.96. The van der Waals surface area contributed by atoms with Crippen molar-refractivity contribution in [3.05, 3.63) is 23.0 Å². The fourth-order valence-corrected chi connectivity index (χ4v) is 1.83. The summed E-state index contributed by atoms with van der Waals surface area (Å²) in [5.74, 6) is 0.312. The lowest BCUT2D eigenvalue weighted by Gasteiger charge is -2.03. The Balaban J connectivity index is 2.46. The van der Waals surface area contributed by atoms with E-state index >= 15 is 0 Å². The highest BCUT2D eigenvalue weighted by Gasteiger charge is 2.21. The summed E-state index contributed by atoms with van der Waals surface area (Å²) in [7, 11) is 1.51.